The van der Waals surface area contributed by atoms with Crippen LogP contribution in [-0.4, -0.2) is 34.7 Å². The van der Waals surface area contributed by atoms with Gasteiger partial charge in [-0.3, -0.25) is 9.59 Å². The van der Waals surface area contributed by atoms with E-state index in [9.17, 15) is 9.59 Å². The summed E-state index contributed by atoms with van der Waals surface area (Å²) in [4.78, 5) is 24.4. The fourth-order valence-corrected chi connectivity index (χ4v) is 3.72. The standard InChI is InChI=1S/C21H27ClN4O2/c1-14-19(22)15(2)26(25-14)18-10-8-17(9-11-18)21(28)24-13-12-23-20(27)16-6-4-3-5-7-16/h8-11,16H,3-7,12-13H2,1-2H3,(H,23,27)(H,24,28). The van der Waals surface area contributed by atoms with E-state index in [4.69, 9.17) is 11.6 Å². The molecule has 0 atom stereocenters. The summed E-state index contributed by atoms with van der Waals surface area (Å²) in [6, 6.07) is 7.20. The number of nitrogens with zero attached hydrogens (tertiary/aromatic N) is 2. The molecule has 1 fully saturated rings. The van der Waals surface area contributed by atoms with Gasteiger partial charge in [0.15, 0.2) is 0 Å². The smallest absolute Gasteiger partial charge is 0.251 e. The van der Waals surface area contributed by atoms with Gasteiger partial charge in [-0.1, -0.05) is 30.9 Å². The van der Waals surface area contributed by atoms with Crippen molar-refractivity contribution in [2.24, 2.45) is 5.92 Å². The van der Waals surface area contributed by atoms with Crippen LogP contribution in [0.2, 0.25) is 5.02 Å². The Hall–Kier alpha value is -2.34. The highest BCUT2D eigenvalue weighted by Gasteiger charge is 2.20. The SMILES string of the molecule is Cc1nn(-c2ccc(C(=O)NCCNC(=O)C3CCCCC3)cc2)c(C)c1Cl. The molecule has 1 aromatic heterocycles. The molecular formula is C21H27ClN4O2. The van der Waals surface area contributed by atoms with E-state index in [0.29, 0.717) is 23.7 Å². The molecule has 7 heteroatoms. The van der Waals surface area contributed by atoms with Crippen molar-refractivity contribution < 1.29 is 9.59 Å². The second-order valence-corrected chi connectivity index (χ2v) is 7.70. The van der Waals surface area contributed by atoms with E-state index in [1.807, 2.05) is 26.0 Å². The summed E-state index contributed by atoms with van der Waals surface area (Å²) in [5.74, 6) is 0.0894. The molecular weight excluding hydrogens is 376 g/mol. The fourth-order valence-electron chi connectivity index (χ4n) is 3.60. The lowest BCUT2D eigenvalue weighted by Gasteiger charge is -2.20. The summed E-state index contributed by atoms with van der Waals surface area (Å²) in [5, 5.41) is 10.8. The molecule has 2 N–H and O–H groups in total. The van der Waals surface area contributed by atoms with E-state index in [0.717, 1.165) is 42.8 Å². The van der Waals surface area contributed by atoms with Crippen LogP contribution in [0.15, 0.2) is 24.3 Å². The van der Waals surface area contributed by atoms with E-state index >= 15 is 0 Å². The summed E-state index contributed by atoms with van der Waals surface area (Å²) in [6.45, 7) is 4.63. The van der Waals surface area contributed by atoms with Crippen molar-refractivity contribution >= 4 is 23.4 Å². The molecule has 0 spiro atoms. The summed E-state index contributed by atoms with van der Waals surface area (Å²) in [7, 11) is 0. The zero-order chi connectivity index (χ0) is 20.1. The Bertz CT molecular complexity index is 839. The summed E-state index contributed by atoms with van der Waals surface area (Å²) in [5.41, 5.74) is 3.06. The number of carbonyl (C=O) groups is 2. The maximum atomic E-state index is 12.3. The summed E-state index contributed by atoms with van der Waals surface area (Å²) in [6.07, 6.45) is 5.45. The number of rotatable bonds is 6. The highest BCUT2D eigenvalue weighted by molar-refractivity contribution is 6.31. The maximum absolute atomic E-state index is 12.3. The zero-order valence-electron chi connectivity index (χ0n) is 16.4. The summed E-state index contributed by atoms with van der Waals surface area (Å²) >= 11 is 6.20. The van der Waals surface area contributed by atoms with Gasteiger partial charge in [0.05, 0.1) is 22.1 Å². The first-order chi connectivity index (χ1) is 13.5. The van der Waals surface area contributed by atoms with Gasteiger partial charge in [-0.05, 0) is 51.0 Å². The Balaban J connectivity index is 1.48. The molecule has 0 radical (unpaired) electrons. The third-order valence-corrected chi connectivity index (χ3v) is 5.81. The largest absolute Gasteiger partial charge is 0.354 e. The number of amides is 2. The predicted molar refractivity (Wildman–Crippen MR) is 110 cm³/mol. The Morgan fingerprint density at radius 3 is 2.32 bits per heavy atom. The number of nitrogens with one attached hydrogen (secondary N) is 2. The van der Waals surface area contributed by atoms with Gasteiger partial charge in [0.25, 0.3) is 5.91 Å². The Kier molecular flexibility index (Phi) is 6.73. The Morgan fingerprint density at radius 1 is 1.07 bits per heavy atom. The van der Waals surface area contributed by atoms with Gasteiger partial charge < -0.3 is 10.6 Å². The number of halogens is 1. The van der Waals surface area contributed by atoms with E-state index in [2.05, 4.69) is 15.7 Å². The van der Waals surface area contributed by atoms with Crippen molar-refractivity contribution in [1.82, 2.24) is 20.4 Å². The number of carbonyl (C=O) groups excluding carboxylic acids is 2. The lowest BCUT2D eigenvalue weighted by Crippen LogP contribution is -2.38. The van der Waals surface area contributed by atoms with E-state index < -0.39 is 0 Å². The molecule has 1 saturated carbocycles. The average molecular weight is 403 g/mol. The van der Waals surface area contributed by atoms with Gasteiger partial charge in [0, 0.05) is 24.6 Å². The van der Waals surface area contributed by atoms with Gasteiger partial charge in [0.2, 0.25) is 5.91 Å². The molecule has 6 nitrogen and oxygen atoms in total. The van der Waals surface area contributed by atoms with Gasteiger partial charge in [-0.25, -0.2) is 4.68 Å². The molecule has 0 bridgehead atoms. The van der Waals surface area contributed by atoms with Gasteiger partial charge in [-0.2, -0.15) is 5.10 Å². The van der Waals surface area contributed by atoms with Gasteiger partial charge >= 0.3 is 0 Å². The monoisotopic (exact) mass is 402 g/mol. The average Bonchev–Trinajstić information content (AvgIpc) is 2.99. The first-order valence-corrected chi connectivity index (χ1v) is 10.2. The molecule has 3 rings (SSSR count). The van der Waals surface area contributed by atoms with Crippen molar-refractivity contribution in [1.29, 1.82) is 0 Å². The van der Waals surface area contributed by atoms with Gasteiger partial charge in [-0.15, -0.1) is 0 Å². The highest BCUT2D eigenvalue weighted by Crippen LogP contribution is 2.24. The number of benzene rings is 1. The first-order valence-electron chi connectivity index (χ1n) is 9.85. The minimum Gasteiger partial charge on any atom is -0.354 e. The molecule has 28 heavy (non-hydrogen) atoms. The predicted octanol–water partition coefficient (Wildman–Crippen LogP) is 3.57. The number of hydrogen-bond donors (Lipinski definition) is 2. The second-order valence-electron chi connectivity index (χ2n) is 7.33. The Morgan fingerprint density at radius 2 is 1.71 bits per heavy atom. The molecule has 2 aromatic rings. The minimum atomic E-state index is -0.162. The van der Waals surface area contributed by atoms with Crippen molar-refractivity contribution in [3.8, 4) is 5.69 Å². The molecule has 0 unspecified atom stereocenters. The summed E-state index contributed by atoms with van der Waals surface area (Å²) < 4.78 is 1.76. The van der Waals surface area contributed by atoms with E-state index in [1.165, 1.54) is 6.42 Å². The number of aryl methyl sites for hydroxylation is 1. The van der Waals surface area contributed by atoms with Crippen LogP contribution in [0, 0.1) is 19.8 Å². The molecule has 1 aromatic carbocycles. The van der Waals surface area contributed by atoms with E-state index in [1.54, 1.807) is 16.8 Å². The molecule has 1 heterocycles. The lowest BCUT2D eigenvalue weighted by atomic mass is 9.89. The first kappa shape index (κ1) is 20.4. The molecule has 0 saturated heterocycles. The third kappa shape index (κ3) is 4.73. The minimum absolute atomic E-state index is 0.113. The van der Waals surface area contributed by atoms with Crippen LogP contribution in [0.1, 0.15) is 53.8 Å². The molecule has 0 aliphatic heterocycles. The van der Waals surface area contributed by atoms with Crippen LogP contribution in [0.4, 0.5) is 0 Å². The fraction of sp³-hybridized carbons (Fsp3) is 0.476. The number of hydrogen-bond acceptors (Lipinski definition) is 3. The maximum Gasteiger partial charge on any atom is 0.251 e. The molecule has 1 aliphatic carbocycles. The van der Waals surface area contributed by atoms with Crippen LogP contribution >= 0.6 is 11.6 Å². The van der Waals surface area contributed by atoms with Crippen LogP contribution in [0.5, 0.6) is 0 Å². The van der Waals surface area contributed by atoms with Crippen molar-refractivity contribution in [2.45, 2.75) is 46.0 Å². The molecule has 1 aliphatic rings. The lowest BCUT2D eigenvalue weighted by molar-refractivity contribution is -0.125. The number of aromatic nitrogens is 2. The second kappa shape index (κ2) is 9.24. The van der Waals surface area contributed by atoms with Crippen molar-refractivity contribution in [2.75, 3.05) is 13.1 Å². The quantitative estimate of drug-likeness (QED) is 0.725. The van der Waals surface area contributed by atoms with Crippen LogP contribution < -0.4 is 10.6 Å². The van der Waals surface area contributed by atoms with Crippen molar-refractivity contribution in [3.05, 3.63) is 46.2 Å². The third-order valence-electron chi connectivity index (χ3n) is 5.26. The molecule has 150 valence electrons. The molecule has 2 amide bonds. The van der Waals surface area contributed by atoms with E-state index in [-0.39, 0.29) is 17.7 Å². The normalized spacial score (nSPS) is 14.7. The van der Waals surface area contributed by atoms with Crippen molar-refractivity contribution in [3.63, 3.8) is 0 Å². The topological polar surface area (TPSA) is 76.0 Å². The van der Waals surface area contributed by atoms with Crippen LogP contribution in [0.25, 0.3) is 5.69 Å². The van der Waals surface area contributed by atoms with Crippen LogP contribution in [-0.2, 0) is 4.79 Å². The van der Waals surface area contributed by atoms with Gasteiger partial charge in [0.1, 0.15) is 0 Å². The van der Waals surface area contributed by atoms with Crippen LogP contribution in [0.3, 0.4) is 0 Å². The zero-order valence-corrected chi connectivity index (χ0v) is 17.2. The highest BCUT2D eigenvalue weighted by atomic mass is 35.5. The Labute approximate surface area is 170 Å².